The monoisotopic (exact) mass is 252 g/mol. The number of piperidine rings is 1. The lowest BCUT2D eigenvalue weighted by atomic mass is 10.1. The van der Waals surface area contributed by atoms with Crippen LogP contribution in [0.15, 0.2) is 0 Å². The van der Waals surface area contributed by atoms with Crippen molar-refractivity contribution in [2.24, 2.45) is 5.73 Å². The van der Waals surface area contributed by atoms with Crippen molar-refractivity contribution >= 4 is 11.9 Å². The van der Waals surface area contributed by atoms with E-state index < -0.39 is 0 Å². The van der Waals surface area contributed by atoms with Crippen molar-refractivity contribution in [2.75, 3.05) is 19.6 Å². The standard InChI is InChI=1S/C13H24N4O/c14-12(15)10-17(11-6-2-3-7-11)13(18)16-8-4-1-5-9-16/h11H,1-10H2,(H3,14,15). The van der Waals surface area contributed by atoms with Crippen LogP contribution in [-0.4, -0.2) is 47.3 Å². The summed E-state index contributed by atoms with van der Waals surface area (Å²) in [6.07, 6.45) is 7.92. The maximum absolute atomic E-state index is 12.5. The number of hydrogen-bond acceptors (Lipinski definition) is 2. The lowest BCUT2D eigenvalue weighted by Crippen LogP contribution is -2.51. The zero-order chi connectivity index (χ0) is 13.0. The summed E-state index contributed by atoms with van der Waals surface area (Å²) in [4.78, 5) is 16.3. The second-order valence-electron chi connectivity index (χ2n) is 5.42. The van der Waals surface area contributed by atoms with Crippen LogP contribution in [0.5, 0.6) is 0 Å². The number of likely N-dealkylation sites (tertiary alicyclic amines) is 1. The first-order chi connectivity index (χ1) is 8.68. The Kier molecular flexibility index (Phi) is 4.44. The van der Waals surface area contributed by atoms with E-state index in [2.05, 4.69) is 0 Å². The normalized spacial score (nSPS) is 21.0. The fourth-order valence-electron chi connectivity index (χ4n) is 3.02. The molecule has 0 aromatic rings. The smallest absolute Gasteiger partial charge is 0.320 e. The maximum Gasteiger partial charge on any atom is 0.320 e. The molecular weight excluding hydrogens is 228 g/mol. The van der Waals surface area contributed by atoms with Gasteiger partial charge in [0.15, 0.2) is 0 Å². The van der Waals surface area contributed by atoms with E-state index >= 15 is 0 Å². The van der Waals surface area contributed by atoms with Gasteiger partial charge in [-0.2, -0.15) is 0 Å². The first kappa shape index (κ1) is 13.2. The average Bonchev–Trinajstić information content (AvgIpc) is 2.89. The second-order valence-corrected chi connectivity index (χ2v) is 5.42. The zero-order valence-electron chi connectivity index (χ0n) is 11.0. The second kappa shape index (κ2) is 6.07. The Morgan fingerprint density at radius 3 is 2.33 bits per heavy atom. The molecule has 3 N–H and O–H groups in total. The number of carbonyl (C=O) groups excluding carboxylic acids is 1. The molecule has 0 aromatic carbocycles. The van der Waals surface area contributed by atoms with Gasteiger partial charge < -0.3 is 15.5 Å². The number of nitrogens with zero attached hydrogens (tertiary/aromatic N) is 2. The van der Waals surface area contributed by atoms with Crippen LogP contribution in [-0.2, 0) is 0 Å². The number of nitrogens with two attached hydrogens (primary N) is 1. The Balaban J connectivity index is 2.01. The summed E-state index contributed by atoms with van der Waals surface area (Å²) in [7, 11) is 0. The number of urea groups is 1. The van der Waals surface area contributed by atoms with Crippen LogP contribution < -0.4 is 5.73 Å². The molecule has 1 saturated carbocycles. The number of carbonyl (C=O) groups is 1. The van der Waals surface area contributed by atoms with E-state index in [1.807, 2.05) is 9.80 Å². The van der Waals surface area contributed by atoms with Crippen molar-refractivity contribution in [3.8, 4) is 0 Å². The Labute approximate surface area is 109 Å². The van der Waals surface area contributed by atoms with E-state index in [9.17, 15) is 4.79 Å². The number of amidine groups is 1. The Bertz CT molecular complexity index is 306. The van der Waals surface area contributed by atoms with Gasteiger partial charge in [0, 0.05) is 19.1 Å². The number of nitrogens with one attached hydrogen (secondary N) is 1. The lowest BCUT2D eigenvalue weighted by Gasteiger charge is -2.36. The molecule has 0 atom stereocenters. The highest BCUT2D eigenvalue weighted by molar-refractivity contribution is 5.85. The van der Waals surface area contributed by atoms with Crippen LogP contribution in [0, 0.1) is 5.41 Å². The molecule has 0 bridgehead atoms. The largest absolute Gasteiger partial charge is 0.386 e. The van der Waals surface area contributed by atoms with Gasteiger partial charge in [0.1, 0.15) is 5.84 Å². The summed E-state index contributed by atoms with van der Waals surface area (Å²) < 4.78 is 0. The third-order valence-electron chi connectivity index (χ3n) is 3.98. The number of hydrogen-bond donors (Lipinski definition) is 2. The van der Waals surface area contributed by atoms with Gasteiger partial charge in [0.25, 0.3) is 0 Å². The first-order valence-corrected chi connectivity index (χ1v) is 7.07. The third-order valence-corrected chi connectivity index (χ3v) is 3.98. The molecule has 2 rings (SSSR count). The van der Waals surface area contributed by atoms with Gasteiger partial charge in [-0.25, -0.2) is 4.79 Å². The van der Waals surface area contributed by atoms with Crippen LogP contribution in [0.3, 0.4) is 0 Å². The van der Waals surface area contributed by atoms with Crippen LogP contribution in [0.2, 0.25) is 0 Å². The highest BCUT2D eigenvalue weighted by Crippen LogP contribution is 2.25. The van der Waals surface area contributed by atoms with E-state index in [1.54, 1.807) is 0 Å². The van der Waals surface area contributed by atoms with E-state index in [-0.39, 0.29) is 11.9 Å². The van der Waals surface area contributed by atoms with E-state index in [0.717, 1.165) is 38.8 Å². The summed E-state index contributed by atoms with van der Waals surface area (Å²) in [6.45, 7) is 2.01. The fourth-order valence-corrected chi connectivity index (χ4v) is 3.02. The predicted molar refractivity (Wildman–Crippen MR) is 71.7 cm³/mol. The van der Waals surface area contributed by atoms with Gasteiger partial charge in [0.05, 0.1) is 6.54 Å². The molecule has 1 aliphatic heterocycles. The van der Waals surface area contributed by atoms with Crippen molar-refractivity contribution in [3.05, 3.63) is 0 Å². The molecule has 18 heavy (non-hydrogen) atoms. The highest BCUT2D eigenvalue weighted by Gasteiger charge is 2.30. The summed E-state index contributed by atoms with van der Waals surface area (Å²) >= 11 is 0. The van der Waals surface area contributed by atoms with Gasteiger partial charge in [-0.1, -0.05) is 12.8 Å². The van der Waals surface area contributed by atoms with E-state index in [4.69, 9.17) is 11.1 Å². The molecule has 102 valence electrons. The summed E-state index contributed by atoms with van der Waals surface area (Å²) in [5.41, 5.74) is 5.50. The summed E-state index contributed by atoms with van der Waals surface area (Å²) in [5.74, 6) is 0.0901. The lowest BCUT2D eigenvalue weighted by molar-refractivity contribution is 0.133. The van der Waals surface area contributed by atoms with Crippen molar-refractivity contribution in [3.63, 3.8) is 0 Å². The molecule has 2 aliphatic rings. The summed E-state index contributed by atoms with van der Waals surface area (Å²) in [5, 5.41) is 7.46. The number of amides is 2. The molecule has 0 aromatic heterocycles. The molecule has 5 heteroatoms. The molecule has 0 spiro atoms. The maximum atomic E-state index is 12.5. The third kappa shape index (κ3) is 3.15. The van der Waals surface area contributed by atoms with Crippen molar-refractivity contribution in [2.45, 2.75) is 51.0 Å². The van der Waals surface area contributed by atoms with Gasteiger partial charge in [-0.3, -0.25) is 5.41 Å². The topological polar surface area (TPSA) is 73.4 Å². The van der Waals surface area contributed by atoms with Crippen molar-refractivity contribution in [1.29, 1.82) is 5.41 Å². The minimum atomic E-state index is 0.0901. The minimum Gasteiger partial charge on any atom is -0.386 e. The molecule has 1 heterocycles. The van der Waals surface area contributed by atoms with Gasteiger partial charge >= 0.3 is 6.03 Å². The van der Waals surface area contributed by atoms with E-state index in [0.29, 0.717) is 12.6 Å². The van der Waals surface area contributed by atoms with Gasteiger partial charge in [-0.05, 0) is 32.1 Å². The average molecular weight is 252 g/mol. The highest BCUT2D eigenvalue weighted by atomic mass is 16.2. The Morgan fingerprint density at radius 1 is 1.17 bits per heavy atom. The van der Waals surface area contributed by atoms with Crippen molar-refractivity contribution in [1.82, 2.24) is 9.80 Å². The molecule has 5 nitrogen and oxygen atoms in total. The summed E-state index contributed by atoms with van der Waals surface area (Å²) in [6, 6.07) is 0.389. The van der Waals surface area contributed by atoms with Crippen molar-refractivity contribution < 1.29 is 4.79 Å². The Hall–Kier alpha value is -1.26. The fraction of sp³-hybridized carbons (Fsp3) is 0.846. The SMILES string of the molecule is N=C(N)CN(C(=O)N1CCCCC1)C1CCCC1. The molecular formula is C13H24N4O. The van der Waals surface area contributed by atoms with Gasteiger partial charge in [0.2, 0.25) is 0 Å². The quantitative estimate of drug-likeness (QED) is 0.593. The van der Waals surface area contributed by atoms with E-state index in [1.165, 1.54) is 19.3 Å². The number of rotatable bonds is 3. The van der Waals surface area contributed by atoms with Crippen LogP contribution >= 0.6 is 0 Å². The van der Waals surface area contributed by atoms with Crippen LogP contribution in [0.4, 0.5) is 4.79 Å². The molecule has 0 radical (unpaired) electrons. The first-order valence-electron chi connectivity index (χ1n) is 7.07. The Morgan fingerprint density at radius 2 is 1.78 bits per heavy atom. The molecule has 2 fully saturated rings. The minimum absolute atomic E-state index is 0.0901. The predicted octanol–water partition coefficient (Wildman–Crippen LogP) is 1.77. The molecule has 1 aliphatic carbocycles. The molecule has 0 unspecified atom stereocenters. The molecule has 2 amide bonds. The van der Waals surface area contributed by atoms with Crippen LogP contribution in [0.25, 0.3) is 0 Å². The molecule has 1 saturated heterocycles. The zero-order valence-corrected chi connectivity index (χ0v) is 11.0. The van der Waals surface area contributed by atoms with Crippen LogP contribution in [0.1, 0.15) is 44.9 Å². The van der Waals surface area contributed by atoms with Gasteiger partial charge in [-0.15, -0.1) is 0 Å².